The van der Waals surface area contributed by atoms with Gasteiger partial charge < -0.3 is 9.30 Å². The van der Waals surface area contributed by atoms with Crippen molar-refractivity contribution in [3.63, 3.8) is 0 Å². The predicted molar refractivity (Wildman–Crippen MR) is 144 cm³/mol. The van der Waals surface area contributed by atoms with E-state index in [-0.39, 0.29) is 28.4 Å². The van der Waals surface area contributed by atoms with Crippen molar-refractivity contribution in [2.75, 3.05) is 10.7 Å². The van der Waals surface area contributed by atoms with Crippen LogP contribution in [-0.2, 0) is 23.1 Å². The summed E-state index contributed by atoms with van der Waals surface area (Å²) in [5.41, 5.74) is 0.861. The van der Waals surface area contributed by atoms with Crippen LogP contribution >= 0.6 is 11.8 Å². The number of aromatic nitrogens is 3. The molecule has 0 N–H and O–H groups in total. The number of nitrogens with zero attached hydrogens (tertiary/aromatic N) is 5. The van der Waals surface area contributed by atoms with E-state index in [2.05, 4.69) is 10.2 Å². The van der Waals surface area contributed by atoms with Gasteiger partial charge in [-0.05, 0) is 29.8 Å². The smallest absolute Gasteiger partial charge is 0.308 e. The number of nitro benzene ring substituents is 1. The normalized spacial score (nSPS) is 10.6. The van der Waals surface area contributed by atoms with Crippen molar-refractivity contribution in [3.05, 3.63) is 106 Å². The molecule has 0 unspecified atom stereocenters. The summed E-state index contributed by atoms with van der Waals surface area (Å²) < 4.78 is 6.83. The third-order valence-electron chi connectivity index (χ3n) is 5.55. The van der Waals surface area contributed by atoms with Gasteiger partial charge in [0, 0.05) is 38.1 Å². The van der Waals surface area contributed by atoms with E-state index in [1.54, 1.807) is 11.6 Å². The minimum atomic E-state index is -0.738. The Hall–Kier alpha value is -4.84. The molecule has 39 heavy (non-hydrogen) atoms. The Morgan fingerprint density at radius 2 is 1.74 bits per heavy atom. The molecule has 3 aromatic carbocycles. The van der Waals surface area contributed by atoms with Crippen molar-refractivity contribution in [3.8, 4) is 5.75 Å². The maximum Gasteiger partial charge on any atom is 0.308 e. The van der Waals surface area contributed by atoms with E-state index in [1.807, 2.05) is 30.3 Å². The molecule has 0 aliphatic carbocycles. The predicted octanol–water partition coefficient (Wildman–Crippen LogP) is 4.21. The van der Waals surface area contributed by atoms with Crippen LogP contribution in [0.15, 0.2) is 84.0 Å². The molecule has 2 amide bonds. The van der Waals surface area contributed by atoms with Gasteiger partial charge >= 0.3 is 5.97 Å². The summed E-state index contributed by atoms with van der Waals surface area (Å²) in [6.07, 6.45) is 0.551. The summed E-state index contributed by atoms with van der Waals surface area (Å²) >= 11 is 1.09. The van der Waals surface area contributed by atoms with E-state index >= 15 is 0 Å². The van der Waals surface area contributed by atoms with E-state index in [9.17, 15) is 24.5 Å². The van der Waals surface area contributed by atoms with Crippen molar-refractivity contribution < 1.29 is 24.0 Å². The van der Waals surface area contributed by atoms with Crippen molar-refractivity contribution in [2.45, 2.75) is 18.5 Å². The first-order valence-electron chi connectivity index (χ1n) is 11.7. The van der Waals surface area contributed by atoms with Gasteiger partial charge in [0.05, 0.1) is 16.4 Å². The Morgan fingerprint density at radius 3 is 2.46 bits per heavy atom. The van der Waals surface area contributed by atoms with Gasteiger partial charge in [0.15, 0.2) is 5.16 Å². The molecule has 11 nitrogen and oxygen atoms in total. The van der Waals surface area contributed by atoms with E-state index < -0.39 is 22.7 Å². The van der Waals surface area contributed by atoms with Crippen LogP contribution < -0.4 is 9.64 Å². The van der Waals surface area contributed by atoms with Crippen LogP contribution in [0, 0.1) is 10.1 Å². The molecule has 4 aromatic rings. The van der Waals surface area contributed by atoms with Gasteiger partial charge in [0.25, 0.3) is 11.6 Å². The Balaban J connectivity index is 1.59. The zero-order chi connectivity index (χ0) is 27.9. The highest BCUT2D eigenvalue weighted by Crippen LogP contribution is 2.26. The summed E-state index contributed by atoms with van der Waals surface area (Å²) in [6, 6.07) is 20.8. The molecule has 1 aromatic heterocycles. The highest BCUT2D eigenvalue weighted by atomic mass is 32.2. The van der Waals surface area contributed by atoms with Crippen molar-refractivity contribution in [1.82, 2.24) is 14.8 Å². The summed E-state index contributed by atoms with van der Waals surface area (Å²) in [5, 5.41) is 20.2. The molecule has 0 atom stereocenters. The number of ether oxygens (including phenoxy) is 1. The molecule has 0 spiro atoms. The lowest BCUT2D eigenvalue weighted by atomic mass is 10.1. The van der Waals surface area contributed by atoms with Crippen LogP contribution in [-0.4, -0.2) is 43.2 Å². The molecule has 1 heterocycles. The Bertz CT molecular complexity index is 1540. The number of carbonyl (C=O) groups excluding carboxylic acids is 3. The number of esters is 1. The van der Waals surface area contributed by atoms with E-state index in [0.717, 1.165) is 28.3 Å². The number of thioether (sulfide) groups is 1. The number of anilines is 1. The number of hydrogen-bond donors (Lipinski definition) is 0. The third-order valence-corrected chi connectivity index (χ3v) is 6.55. The highest BCUT2D eigenvalue weighted by molar-refractivity contribution is 7.99. The topological polar surface area (TPSA) is 138 Å². The average molecular weight is 546 g/mol. The molecule has 0 radical (unpaired) electrons. The van der Waals surface area contributed by atoms with E-state index in [4.69, 9.17) is 4.74 Å². The Morgan fingerprint density at radius 1 is 1.00 bits per heavy atom. The molecular weight excluding hydrogens is 522 g/mol. The lowest BCUT2D eigenvalue weighted by Crippen LogP contribution is -2.38. The number of hydrogen-bond acceptors (Lipinski definition) is 9. The summed E-state index contributed by atoms with van der Waals surface area (Å²) in [6.45, 7) is 1.22. The molecule has 0 bridgehead atoms. The number of rotatable bonds is 9. The first-order chi connectivity index (χ1) is 18.7. The maximum absolute atomic E-state index is 13.5. The van der Waals surface area contributed by atoms with Crippen LogP contribution in [0.25, 0.3) is 0 Å². The van der Waals surface area contributed by atoms with Gasteiger partial charge in [-0.25, -0.2) is 4.90 Å². The van der Waals surface area contributed by atoms with Crippen LogP contribution in [0.3, 0.4) is 0 Å². The lowest BCUT2D eigenvalue weighted by molar-refractivity contribution is -0.384. The van der Waals surface area contributed by atoms with Crippen LogP contribution in [0.4, 0.5) is 11.4 Å². The number of non-ortho nitro benzene ring substituents is 1. The van der Waals surface area contributed by atoms with Crippen LogP contribution in [0.2, 0.25) is 0 Å². The van der Waals surface area contributed by atoms with Crippen molar-refractivity contribution in [1.29, 1.82) is 0 Å². The largest absolute Gasteiger partial charge is 0.427 e. The molecule has 0 saturated carbocycles. The third kappa shape index (κ3) is 6.73. The lowest BCUT2D eigenvalue weighted by Gasteiger charge is -2.21. The first-order valence-corrected chi connectivity index (χ1v) is 12.7. The molecular formula is C27H23N5O6S. The quantitative estimate of drug-likeness (QED) is 0.0995. The van der Waals surface area contributed by atoms with Crippen molar-refractivity contribution >= 4 is 40.9 Å². The number of carbonyl (C=O) groups is 3. The highest BCUT2D eigenvalue weighted by Gasteiger charge is 2.27. The molecule has 0 aliphatic rings. The molecule has 12 heteroatoms. The fraction of sp³-hybridized carbons (Fsp3) is 0.148. The van der Waals surface area contributed by atoms with Gasteiger partial charge in [-0.2, -0.15) is 0 Å². The van der Waals surface area contributed by atoms with Crippen molar-refractivity contribution in [2.24, 2.45) is 7.05 Å². The molecule has 198 valence electrons. The molecule has 4 rings (SSSR count). The molecule has 0 aliphatic heterocycles. The minimum Gasteiger partial charge on any atom is -0.427 e. The second-order valence-electron chi connectivity index (χ2n) is 8.34. The van der Waals surface area contributed by atoms with Crippen LogP contribution in [0.1, 0.15) is 28.7 Å². The SMILES string of the molecule is CC(=O)Oc1cccc(C(=O)N(C(=O)CSc2nnc(Cc3ccccc3)n2C)c2cccc([N+](=O)[O-])c2)c1. The summed E-state index contributed by atoms with van der Waals surface area (Å²) in [5.74, 6) is -1.31. The number of nitro groups is 1. The Kier molecular flexibility index (Phi) is 8.46. The number of amides is 2. The van der Waals surface area contributed by atoms with Gasteiger partial charge in [-0.1, -0.05) is 54.2 Å². The van der Waals surface area contributed by atoms with Gasteiger partial charge in [0.1, 0.15) is 11.6 Å². The van der Waals surface area contributed by atoms with E-state index in [0.29, 0.717) is 17.4 Å². The van der Waals surface area contributed by atoms with E-state index in [1.165, 1.54) is 49.4 Å². The first kappa shape index (κ1) is 27.2. The average Bonchev–Trinajstić information content (AvgIpc) is 3.26. The minimum absolute atomic E-state index is 0.0282. The molecule has 0 fully saturated rings. The monoisotopic (exact) mass is 545 g/mol. The van der Waals surface area contributed by atoms with Gasteiger partial charge in [-0.3, -0.25) is 24.5 Å². The Labute approximate surface area is 227 Å². The maximum atomic E-state index is 13.5. The second-order valence-corrected chi connectivity index (χ2v) is 9.28. The summed E-state index contributed by atoms with van der Waals surface area (Å²) in [4.78, 5) is 50.0. The fourth-order valence-corrected chi connectivity index (χ4v) is 4.48. The fourth-order valence-electron chi connectivity index (χ4n) is 3.70. The van der Waals surface area contributed by atoms with Gasteiger partial charge in [0.2, 0.25) is 5.91 Å². The summed E-state index contributed by atoms with van der Waals surface area (Å²) in [7, 11) is 1.79. The zero-order valence-corrected chi connectivity index (χ0v) is 21.8. The zero-order valence-electron chi connectivity index (χ0n) is 21.0. The number of benzene rings is 3. The van der Waals surface area contributed by atoms with Gasteiger partial charge in [-0.15, -0.1) is 10.2 Å². The molecule has 0 saturated heterocycles. The standard InChI is InChI=1S/C27H23N5O6S/c1-18(33)38-23-13-6-10-20(15-23)26(35)31(21-11-7-12-22(16-21)32(36)37)25(34)17-39-27-29-28-24(30(27)2)14-19-8-4-3-5-9-19/h3-13,15-16H,14,17H2,1-2H3. The number of imide groups is 1. The van der Waals surface area contributed by atoms with Crippen LogP contribution in [0.5, 0.6) is 5.75 Å². The second kappa shape index (κ2) is 12.1.